The second kappa shape index (κ2) is 7.03. The van der Waals surface area contributed by atoms with Crippen molar-refractivity contribution in [1.29, 1.82) is 0 Å². The zero-order valence-electron chi connectivity index (χ0n) is 17.9. The highest BCUT2D eigenvalue weighted by molar-refractivity contribution is 6.13. The van der Waals surface area contributed by atoms with Crippen molar-refractivity contribution in [3.05, 3.63) is 103 Å². The maximum Gasteiger partial charge on any atom is 0.216 e. The fourth-order valence-corrected chi connectivity index (χ4v) is 4.73. The van der Waals surface area contributed by atoms with Crippen LogP contribution in [0, 0.1) is 12.7 Å². The molecule has 0 aliphatic carbocycles. The normalized spacial score (nSPS) is 11.6. The second-order valence-corrected chi connectivity index (χ2v) is 8.30. The average Bonchev–Trinajstić information content (AvgIpc) is 3.20. The van der Waals surface area contributed by atoms with Crippen LogP contribution in [0.1, 0.15) is 5.56 Å². The lowest BCUT2D eigenvalue weighted by atomic mass is 9.97. The zero-order valence-corrected chi connectivity index (χ0v) is 17.9. The second-order valence-electron chi connectivity index (χ2n) is 8.30. The first-order chi connectivity index (χ1) is 15.6. The van der Waals surface area contributed by atoms with E-state index in [9.17, 15) is 0 Å². The van der Waals surface area contributed by atoms with Crippen LogP contribution in [0.3, 0.4) is 0 Å². The van der Waals surface area contributed by atoms with E-state index in [2.05, 4.69) is 30.3 Å². The summed E-state index contributed by atoms with van der Waals surface area (Å²) < 4.78 is 23.8. The summed E-state index contributed by atoms with van der Waals surface area (Å²) in [4.78, 5) is 0. The molecule has 6 rings (SSSR count). The molecule has 0 atom stereocenters. The van der Waals surface area contributed by atoms with E-state index in [4.69, 9.17) is 4.42 Å². The summed E-state index contributed by atoms with van der Waals surface area (Å²) in [6.45, 7) is 1.93. The summed E-state index contributed by atoms with van der Waals surface area (Å²) in [6, 6.07) is 28.3. The maximum atomic E-state index is 15.3. The predicted molar refractivity (Wildman–Crippen MR) is 128 cm³/mol. The molecular formula is C29H21FNO+. The van der Waals surface area contributed by atoms with Crippen LogP contribution in [0.25, 0.3) is 55.1 Å². The predicted octanol–water partition coefficient (Wildman–Crippen LogP) is 7.35. The van der Waals surface area contributed by atoms with Crippen LogP contribution in [0.4, 0.5) is 4.39 Å². The number of benzene rings is 4. The monoisotopic (exact) mass is 418 g/mol. The molecular weight excluding hydrogens is 397 g/mol. The van der Waals surface area contributed by atoms with Crippen molar-refractivity contribution in [2.24, 2.45) is 7.05 Å². The molecule has 0 radical (unpaired) electrons. The van der Waals surface area contributed by atoms with Crippen LogP contribution in [0.5, 0.6) is 0 Å². The molecule has 32 heavy (non-hydrogen) atoms. The van der Waals surface area contributed by atoms with Crippen molar-refractivity contribution >= 4 is 32.7 Å². The van der Waals surface area contributed by atoms with E-state index in [0.717, 1.165) is 38.7 Å². The molecule has 0 saturated heterocycles. The van der Waals surface area contributed by atoms with Crippen LogP contribution in [0.2, 0.25) is 0 Å². The molecule has 0 N–H and O–H groups in total. The van der Waals surface area contributed by atoms with Gasteiger partial charge in [-0.25, -0.2) is 8.96 Å². The molecule has 0 aliphatic rings. The highest BCUT2D eigenvalue weighted by atomic mass is 19.1. The van der Waals surface area contributed by atoms with E-state index in [1.54, 1.807) is 6.07 Å². The van der Waals surface area contributed by atoms with E-state index in [1.165, 1.54) is 5.39 Å². The lowest BCUT2D eigenvalue weighted by Gasteiger charge is -2.06. The summed E-state index contributed by atoms with van der Waals surface area (Å²) in [6.07, 6.45) is 1.99. The molecule has 2 heterocycles. The number of aromatic nitrogens is 1. The average molecular weight is 418 g/mol. The van der Waals surface area contributed by atoms with E-state index in [-0.39, 0.29) is 5.82 Å². The Kier molecular flexibility index (Phi) is 4.12. The Bertz CT molecular complexity index is 1660. The Hall–Kier alpha value is -3.98. The molecule has 154 valence electrons. The van der Waals surface area contributed by atoms with Gasteiger partial charge in [-0.2, -0.15) is 0 Å². The molecule has 0 spiro atoms. The Morgan fingerprint density at radius 3 is 2.44 bits per heavy atom. The number of fused-ring (bicyclic) bond motifs is 4. The summed E-state index contributed by atoms with van der Waals surface area (Å²) in [7, 11) is 1.99. The Morgan fingerprint density at radius 2 is 1.59 bits per heavy atom. The van der Waals surface area contributed by atoms with Crippen molar-refractivity contribution < 1.29 is 13.4 Å². The molecule has 0 amide bonds. The van der Waals surface area contributed by atoms with Crippen molar-refractivity contribution in [3.63, 3.8) is 0 Å². The Labute approximate surface area is 185 Å². The smallest absolute Gasteiger partial charge is 0.216 e. The Morgan fingerprint density at radius 1 is 0.781 bits per heavy atom. The van der Waals surface area contributed by atoms with Gasteiger partial charge < -0.3 is 4.42 Å². The number of hydrogen-bond donors (Lipinski definition) is 0. The van der Waals surface area contributed by atoms with E-state index < -0.39 is 0 Å². The van der Waals surface area contributed by atoms with Gasteiger partial charge in [0.15, 0.2) is 11.8 Å². The number of pyridine rings is 1. The number of nitrogens with zero attached hydrogens (tertiary/aromatic N) is 1. The molecule has 0 bridgehead atoms. The topological polar surface area (TPSA) is 17.0 Å². The lowest BCUT2D eigenvalue weighted by molar-refractivity contribution is -0.660. The van der Waals surface area contributed by atoms with Crippen LogP contribution in [-0.2, 0) is 7.05 Å². The highest BCUT2D eigenvalue weighted by Crippen LogP contribution is 2.42. The summed E-state index contributed by atoms with van der Waals surface area (Å²) in [5.41, 5.74) is 6.08. The van der Waals surface area contributed by atoms with Gasteiger partial charge in [0.2, 0.25) is 5.69 Å². The lowest BCUT2D eigenvalue weighted by Crippen LogP contribution is -2.30. The minimum absolute atomic E-state index is 0.255. The fourth-order valence-electron chi connectivity index (χ4n) is 4.73. The van der Waals surface area contributed by atoms with Gasteiger partial charge in [0.25, 0.3) is 0 Å². The first-order valence-corrected chi connectivity index (χ1v) is 10.7. The largest absolute Gasteiger partial charge is 0.454 e. The first-order valence-electron chi connectivity index (χ1n) is 10.7. The molecule has 4 aromatic carbocycles. The zero-order chi connectivity index (χ0) is 21.8. The van der Waals surface area contributed by atoms with E-state index >= 15 is 4.39 Å². The molecule has 0 saturated carbocycles. The number of furan rings is 1. The molecule has 2 aromatic heterocycles. The molecule has 2 nitrogen and oxygen atoms in total. The molecule has 0 unspecified atom stereocenters. The number of para-hydroxylation sites is 1. The number of hydrogen-bond acceptors (Lipinski definition) is 1. The van der Waals surface area contributed by atoms with Crippen molar-refractivity contribution in [1.82, 2.24) is 0 Å². The minimum Gasteiger partial charge on any atom is -0.454 e. The SMILES string of the molecule is Cc1cc(F)c2c(oc3c(-c4ccc5ccccc5c4)cccc32)c1-c1cccc[n+]1C. The number of halogens is 1. The van der Waals surface area contributed by atoms with Crippen molar-refractivity contribution in [3.8, 4) is 22.4 Å². The van der Waals surface area contributed by atoms with E-state index in [1.807, 2.05) is 73.3 Å². The quantitative estimate of drug-likeness (QED) is 0.269. The first kappa shape index (κ1) is 18.8. The molecule has 0 fully saturated rings. The van der Waals surface area contributed by atoms with Gasteiger partial charge >= 0.3 is 0 Å². The van der Waals surface area contributed by atoms with Gasteiger partial charge in [-0.3, -0.25) is 0 Å². The highest BCUT2D eigenvalue weighted by Gasteiger charge is 2.24. The van der Waals surface area contributed by atoms with Gasteiger partial charge in [-0.15, -0.1) is 0 Å². The van der Waals surface area contributed by atoms with Gasteiger partial charge in [-0.05, 0) is 47.0 Å². The Balaban J connectivity index is 1.70. The fraction of sp³-hybridized carbons (Fsp3) is 0.0690. The third-order valence-electron chi connectivity index (χ3n) is 6.29. The van der Waals surface area contributed by atoms with Crippen LogP contribution >= 0.6 is 0 Å². The van der Waals surface area contributed by atoms with E-state index in [0.29, 0.717) is 16.6 Å². The molecule has 0 aliphatic heterocycles. The van der Waals surface area contributed by atoms with Crippen LogP contribution < -0.4 is 4.57 Å². The molecule has 3 heteroatoms. The third-order valence-corrected chi connectivity index (χ3v) is 6.29. The summed E-state index contributed by atoms with van der Waals surface area (Å²) >= 11 is 0. The number of aryl methyl sites for hydroxylation is 2. The van der Waals surface area contributed by atoms with Gasteiger partial charge in [0, 0.05) is 23.1 Å². The van der Waals surface area contributed by atoms with Gasteiger partial charge in [-0.1, -0.05) is 54.6 Å². The van der Waals surface area contributed by atoms with Crippen molar-refractivity contribution in [2.75, 3.05) is 0 Å². The standard InChI is InChI=1S/C29H21FNO/c1-18-16-24(30)27-23-11-7-10-22(21-14-13-19-8-3-4-9-20(19)17-21)28(23)32-29(27)26(18)25-12-5-6-15-31(25)2/h3-17H,1-2H3/q+1. The minimum atomic E-state index is -0.255. The van der Waals surface area contributed by atoms with Crippen LogP contribution in [-0.4, -0.2) is 0 Å². The third kappa shape index (κ3) is 2.75. The van der Waals surface area contributed by atoms with Crippen LogP contribution in [0.15, 0.2) is 95.5 Å². The summed E-state index contributed by atoms with van der Waals surface area (Å²) in [5, 5.41) is 3.68. The molecule has 6 aromatic rings. The van der Waals surface area contributed by atoms with Crippen molar-refractivity contribution in [2.45, 2.75) is 6.92 Å². The van der Waals surface area contributed by atoms with Gasteiger partial charge in [0.1, 0.15) is 18.4 Å². The summed E-state index contributed by atoms with van der Waals surface area (Å²) in [5.74, 6) is -0.255. The maximum absolute atomic E-state index is 15.3. The number of rotatable bonds is 2. The van der Waals surface area contributed by atoms with Gasteiger partial charge in [0.05, 0.1) is 10.9 Å².